The number of alkyl halides is 3. The minimum Gasteiger partial charge on any atom is -0.478 e. The third-order valence-electron chi connectivity index (χ3n) is 1.85. The van der Waals surface area contributed by atoms with E-state index >= 15 is 0 Å². The molecule has 0 aromatic rings. The fraction of sp³-hybridized carbons (Fsp3) is 0.545. The van der Waals surface area contributed by atoms with E-state index in [9.17, 15) is 18.0 Å². The number of halogens is 3. The summed E-state index contributed by atoms with van der Waals surface area (Å²) in [5.74, 6) is -1.15. The van der Waals surface area contributed by atoms with Crippen LogP contribution >= 0.6 is 0 Å². The van der Waals surface area contributed by atoms with Crippen LogP contribution in [0.25, 0.3) is 0 Å². The van der Waals surface area contributed by atoms with Crippen LogP contribution in [0.3, 0.4) is 0 Å². The van der Waals surface area contributed by atoms with Gasteiger partial charge in [-0.05, 0) is 25.3 Å². The summed E-state index contributed by atoms with van der Waals surface area (Å²) in [6, 6.07) is 0. The summed E-state index contributed by atoms with van der Waals surface area (Å²) < 4.78 is 37.7. The molecule has 0 fully saturated rings. The second-order valence-corrected chi connectivity index (χ2v) is 3.23. The van der Waals surface area contributed by atoms with Crippen LogP contribution in [0, 0.1) is 0 Å². The lowest BCUT2D eigenvalue weighted by atomic mass is 10.1. The van der Waals surface area contributed by atoms with Crippen molar-refractivity contribution in [3.63, 3.8) is 0 Å². The van der Waals surface area contributed by atoms with Crippen LogP contribution in [-0.4, -0.2) is 30.1 Å². The number of rotatable bonds is 8. The van der Waals surface area contributed by atoms with E-state index in [1.54, 1.807) is 0 Å². The number of hydrogen-bond acceptors (Lipinski definition) is 1. The van der Waals surface area contributed by atoms with E-state index in [0.717, 1.165) is 24.3 Å². The van der Waals surface area contributed by atoms with Crippen molar-refractivity contribution < 1.29 is 23.1 Å². The van der Waals surface area contributed by atoms with Gasteiger partial charge in [-0.3, -0.25) is 4.39 Å². The maximum atomic E-state index is 13.0. The summed E-state index contributed by atoms with van der Waals surface area (Å²) in [6.07, 6.45) is 1.08. The number of allylic oxidation sites excluding steroid dienone is 3. The van der Waals surface area contributed by atoms with Crippen molar-refractivity contribution in [3.8, 4) is 0 Å². The predicted octanol–water partition coefficient (Wildman–Crippen LogP) is 3.00. The number of carbonyl (C=O) groups is 1. The Morgan fingerprint density at radius 1 is 1.25 bits per heavy atom. The molecule has 2 atom stereocenters. The van der Waals surface area contributed by atoms with Crippen LogP contribution < -0.4 is 0 Å². The smallest absolute Gasteiger partial charge is 0.328 e. The molecule has 5 heteroatoms. The minimum atomic E-state index is -1.78. The van der Waals surface area contributed by atoms with Gasteiger partial charge in [-0.15, -0.1) is 0 Å². The topological polar surface area (TPSA) is 37.3 Å². The summed E-state index contributed by atoms with van der Waals surface area (Å²) in [5.41, 5.74) is 0. The standard InChI is InChI=1S/C11H15F3O2/c12-8-4-3-6-10(14)9(13)5-1-2-7-11(15)16/h1-2,5,7,9-10H,3-4,6,8H2,(H,15,16). The van der Waals surface area contributed by atoms with Crippen LogP contribution in [0.2, 0.25) is 0 Å². The molecule has 1 N–H and O–H groups in total. The second kappa shape index (κ2) is 9.00. The van der Waals surface area contributed by atoms with E-state index in [1.807, 2.05) is 0 Å². The highest BCUT2D eigenvalue weighted by atomic mass is 19.2. The van der Waals surface area contributed by atoms with Crippen molar-refractivity contribution in [2.24, 2.45) is 0 Å². The highest BCUT2D eigenvalue weighted by Gasteiger charge is 2.16. The lowest BCUT2D eigenvalue weighted by Gasteiger charge is -2.08. The normalized spacial score (nSPS) is 15.7. The van der Waals surface area contributed by atoms with Crippen LogP contribution in [0.5, 0.6) is 0 Å². The van der Waals surface area contributed by atoms with E-state index in [0.29, 0.717) is 6.42 Å². The molecule has 0 saturated heterocycles. The SMILES string of the molecule is O=C(O)C=CC=CC(F)C(F)CCCCF. The highest BCUT2D eigenvalue weighted by molar-refractivity contribution is 5.80. The summed E-state index contributed by atoms with van der Waals surface area (Å²) in [6.45, 7) is -0.527. The van der Waals surface area contributed by atoms with Gasteiger partial charge < -0.3 is 5.11 Å². The van der Waals surface area contributed by atoms with Gasteiger partial charge in [-0.25, -0.2) is 13.6 Å². The van der Waals surface area contributed by atoms with Crippen molar-refractivity contribution in [3.05, 3.63) is 24.3 Å². The van der Waals surface area contributed by atoms with Crippen molar-refractivity contribution >= 4 is 5.97 Å². The first-order valence-corrected chi connectivity index (χ1v) is 5.00. The molecule has 0 aliphatic heterocycles. The Hall–Kier alpha value is -1.26. The molecule has 0 aromatic heterocycles. The number of carboxylic acids is 1. The van der Waals surface area contributed by atoms with Gasteiger partial charge in [0.2, 0.25) is 0 Å². The molecule has 0 spiro atoms. The van der Waals surface area contributed by atoms with Crippen molar-refractivity contribution in [1.29, 1.82) is 0 Å². The Morgan fingerprint density at radius 2 is 1.94 bits per heavy atom. The molecule has 92 valence electrons. The molecule has 0 saturated carbocycles. The highest BCUT2D eigenvalue weighted by Crippen LogP contribution is 2.13. The molecule has 0 aliphatic rings. The van der Waals surface area contributed by atoms with Gasteiger partial charge in [0.25, 0.3) is 0 Å². The molecule has 16 heavy (non-hydrogen) atoms. The lowest BCUT2D eigenvalue weighted by molar-refractivity contribution is -0.131. The third-order valence-corrected chi connectivity index (χ3v) is 1.85. The van der Waals surface area contributed by atoms with E-state index in [1.165, 1.54) is 0 Å². The van der Waals surface area contributed by atoms with Crippen LogP contribution in [0.1, 0.15) is 19.3 Å². The molecule has 0 amide bonds. The van der Waals surface area contributed by atoms with Crippen molar-refractivity contribution in [2.45, 2.75) is 31.6 Å². The first-order valence-electron chi connectivity index (χ1n) is 5.00. The average Bonchev–Trinajstić information content (AvgIpc) is 2.24. The Balaban J connectivity index is 3.85. The van der Waals surface area contributed by atoms with Gasteiger partial charge in [0.15, 0.2) is 0 Å². The number of unbranched alkanes of at least 4 members (excludes halogenated alkanes) is 1. The molecular weight excluding hydrogens is 221 g/mol. The van der Waals surface area contributed by atoms with Crippen molar-refractivity contribution in [1.82, 2.24) is 0 Å². The number of carboxylic acid groups (broad SMARTS) is 1. The summed E-state index contributed by atoms with van der Waals surface area (Å²) in [5, 5.41) is 8.21. The Bertz CT molecular complexity index is 252. The largest absolute Gasteiger partial charge is 0.478 e. The molecule has 0 aliphatic carbocycles. The van der Waals surface area contributed by atoms with Gasteiger partial charge >= 0.3 is 5.97 Å². The van der Waals surface area contributed by atoms with E-state index < -0.39 is 25.0 Å². The molecule has 0 heterocycles. The molecule has 0 aromatic carbocycles. The van der Waals surface area contributed by atoms with Crippen LogP contribution in [-0.2, 0) is 4.79 Å². The molecule has 0 rings (SSSR count). The summed E-state index contributed by atoms with van der Waals surface area (Å²) >= 11 is 0. The lowest BCUT2D eigenvalue weighted by Crippen LogP contribution is -2.14. The first kappa shape index (κ1) is 14.7. The average molecular weight is 236 g/mol. The first-order chi connectivity index (χ1) is 7.57. The fourth-order valence-electron chi connectivity index (χ4n) is 1.02. The zero-order valence-electron chi connectivity index (χ0n) is 8.78. The maximum Gasteiger partial charge on any atom is 0.328 e. The Morgan fingerprint density at radius 3 is 2.50 bits per heavy atom. The van der Waals surface area contributed by atoms with E-state index in [4.69, 9.17) is 5.11 Å². The third kappa shape index (κ3) is 8.08. The second-order valence-electron chi connectivity index (χ2n) is 3.23. The van der Waals surface area contributed by atoms with Gasteiger partial charge in [0.1, 0.15) is 12.3 Å². The van der Waals surface area contributed by atoms with Gasteiger partial charge in [0, 0.05) is 6.08 Å². The Labute approximate surface area is 92.5 Å². The minimum absolute atomic E-state index is 0.0297. The summed E-state index contributed by atoms with van der Waals surface area (Å²) in [4.78, 5) is 10.0. The quantitative estimate of drug-likeness (QED) is 0.399. The fourth-order valence-corrected chi connectivity index (χ4v) is 1.02. The summed E-state index contributed by atoms with van der Waals surface area (Å²) in [7, 11) is 0. The number of aliphatic carboxylic acids is 1. The Kier molecular flexibility index (Phi) is 8.29. The van der Waals surface area contributed by atoms with Gasteiger partial charge in [-0.1, -0.05) is 12.2 Å². The zero-order chi connectivity index (χ0) is 12.4. The van der Waals surface area contributed by atoms with Gasteiger partial charge in [0.05, 0.1) is 6.67 Å². The van der Waals surface area contributed by atoms with Crippen LogP contribution in [0.15, 0.2) is 24.3 Å². The van der Waals surface area contributed by atoms with Gasteiger partial charge in [-0.2, -0.15) is 0 Å². The molecule has 2 unspecified atom stereocenters. The van der Waals surface area contributed by atoms with E-state index in [2.05, 4.69) is 0 Å². The van der Waals surface area contributed by atoms with Crippen molar-refractivity contribution in [2.75, 3.05) is 6.67 Å². The predicted molar refractivity (Wildman–Crippen MR) is 55.5 cm³/mol. The molecular formula is C11H15F3O2. The maximum absolute atomic E-state index is 13.0. The zero-order valence-corrected chi connectivity index (χ0v) is 8.78. The van der Waals surface area contributed by atoms with Crippen LogP contribution in [0.4, 0.5) is 13.2 Å². The monoisotopic (exact) mass is 236 g/mol. The molecule has 0 radical (unpaired) electrons. The molecule has 0 bridgehead atoms. The number of hydrogen-bond donors (Lipinski definition) is 1. The molecule has 2 nitrogen and oxygen atoms in total. The van der Waals surface area contributed by atoms with E-state index in [-0.39, 0.29) is 12.8 Å².